The van der Waals surface area contributed by atoms with E-state index in [0.717, 1.165) is 19.3 Å². The summed E-state index contributed by atoms with van der Waals surface area (Å²) in [6.07, 6.45) is 5.07. The van der Waals surface area contributed by atoms with Crippen LogP contribution < -0.4 is 9.46 Å². The zero-order valence-corrected chi connectivity index (χ0v) is 17.2. The number of sulfonamides is 1. The van der Waals surface area contributed by atoms with Crippen molar-refractivity contribution in [2.24, 2.45) is 9.98 Å². The van der Waals surface area contributed by atoms with E-state index in [1.807, 2.05) is 6.92 Å². The Morgan fingerprint density at radius 3 is 2.86 bits per heavy atom. The van der Waals surface area contributed by atoms with Crippen molar-refractivity contribution in [1.29, 1.82) is 0 Å². The molecule has 154 valence electrons. The summed E-state index contributed by atoms with van der Waals surface area (Å²) in [6.45, 7) is 2.92. The minimum atomic E-state index is -3.73. The molecule has 29 heavy (non-hydrogen) atoms. The van der Waals surface area contributed by atoms with Crippen LogP contribution in [0.15, 0.2) is 57.3 Å². The maximum atomic E-state index is 12.7. The molecule has 0 aromatic heterocycles. The van der Waals surface area contributed by atoms with E-state index in [-0.39, 0.29) is 10.6 Å². The predicted molar refractivity (Wildman–Crippen MR) is 114 cm³/mol. The highest BCUT2D eigenvalue weighted by Gasteiger charge is 2.17. The first-order valence-electron chi connectivity index (χ1n) is 9.64. The van der Waals surface area contributed by atoms with Crippen LogP contribution in [0.1, 0.15) is 38.2 Å². The minimum absolute atomic E-state index is 0.00471. The average molecular weight is 416 g/mol. The van der Waals surface area contributed by atoms with E-state index < -0.39 is 10.0 Å². The van der Waals surface area contributed by atoms with Crippen LogP contribution in [0.5, 0.6) is 11.5 Å². The molecule has 1 aliphatic heterocycles. The summed E-state index contributed by atoms with van der Waals surface area (Å²) >= 11 is 0. The molecule has 0 atom stereocenters. The molecule has 0 amide bonds. The molecule has 0 saturated heterocycles. The van der Waals surface area contributed by atoms with Gasteiger partial charge in [-0.05, 0) is 50.1 Å². The highest BCUT2D eigenvalue weighted by Crippen LogP contribution is 2.29. The van der Waals surface area contributed by atoms with Crippen molar-refractivity contribution >= 4 is 27.8 Å². The average Bonchev–Trinajstić information content (AvgIpc) is 2.97. The largest absolute Gasteiger partial charge is 0.504 e. The molecule has 0 saturated carbocycles. The number of para-hydroxylation sites is 1. The summed E-state index contributed by atoms with van der Waals surface area (Å²) < 4.78 is 33.4. The highest BCUT2D eigenvalue weighted by molar-refractivity contribution is 7.90. The zero-order chi connectivity index (χ0) is 20.7. The SMILES string of the molecule is CCOc1cccc(C=Nc2cccc(S(=O)(=O)NC3=NCCCCC3)c2)c1O. The highest BCUT2D eigenvalue weighted by atomic mass is 32.2. The fourth-order valence-electron chi connectivity index (χ4n) is 2.96. The number of hydrogen-bond acceptors (Lipinski definition) is 6. The van der Waals surface area contributed by atoms with Crippen molar-refractivity contribution in [2.75, 3.05) is 13.2 Å². The topological polar surface area (TPSA) is 100 Å². The number of amidine groups is 1. The van der Waals surface area contributed by atoms with Gasteiger partial charge in [-0.2, -0.15) is 0 Å². The molecule has 7 nitrogen and oxygen atoms in total. The van der Waals surface area contributed by atoms with Gasteiger partial charge in [0.25, 0.3) is 10.0 Å². The van der Waals surface area contributed by atoms with Crippen LogP contribution in [0.3, 0.4) is 0 Å². The first kappa shape index (κ1) is 20.9. The normalized spacial score (nSPS) is 15.0. The molecule has 2 N–H and O–H groups in total. The first-order valence-corrected chi connectivity index (χ1v) is 11.1. The van der Waals surface area contributed by atoms with E-state index in [1.165, 1.54) is 18.3 Å². The molecule has 0 unspecified atom stereocenters. The van der Waals surface area contributed by atoms with E-state index >= 15 is 0 Å². The monoisotopic (exact) mass is 415 g/mol. The van der Waals surface area contributed by atoms with Crippen LogP contribution in [-0.2, 0) is 10.0 Å². The standard InChI is InChI=1S/C21H25N3O4S/c1-2-28-19-11-6-8-16(21(19)25)15-23-17-9-7-10-18(14-17)29(26,27)24-20-12-4-3-5-13-22-20/h6-11,14-15,25H,2-5,12-13H2,1H3,(H,22,24). The third kappa shape index (κ3) is 5.57. The van der Waals surface area contributed by atoms with Crippen molar-refractivity contribution in [2.45, 2.75) is 37.5 Å². The maximum absolute atomic E-state index is 12.7. The Hall–Kier alpha value is -2.87. The molecule has 0 aliphatic carbocycles. The van der Waals surface area contributed by atoms with Crippen molar-refractivity contribution in [3.63, 3.8) is 0 Å². The first-order chi connectivity index (χ1) is 14.0. The number of hydrogen-bond donors (Lipinski definition) is 2. The molecule has 0 spiro atoms. The Bertz CT molecular complexity index is 1020. The second-order valence-corrected chi connectivity index (χ2v) is 8.31. The molecule has 2 aromatic carbocycles. The fraction of sp³-hybridized carbons (Fsp3) is 0.333. The number of aliphatic imine (C=N–C) groups is 2. The summed E-state index contributed by atoms with van der Waals surface area (Å²) in [5, 5.41) is 10.3. The number of ether oxygens (including phenoxy) is 1. The predicted octanol–water partition coefficient (Wildman–Crippen LogP) is 3.79. The summed E-state index contributed by atoms with van der Waals surface area (Å²) in [4.78, 5) is 8.75. The molecule has 0 bridgehead atoms. The van der Waals surface area contributed by atoms with Gasteiger partial charge >= 0.3 is 0 Å². The summed E-state index contributed by atoms with van der Waals surface area (Å²) in [6, 6.07) is 11.5. The van der Waals surface area contributed by atoms with E-state index in [0.29, 0.717) is 42.4 Å². The summed E-state index contributed by atoms with van der Waals surface area (Å²) in [5.74, 6) is 0.880. The van der Waals surface area contributed by atoms with Gasteiger partial charge < -0.3 is 9.84 Å². The van der Waals surface area contributed by atoms with Crippen LogP contribution in [0.4, 0.5) is 5.69 Å². The summed E-state index contributed by atoms with van der Waals surface area (Å²) in [7, 11) is -3.73. The van der Waals surface area contributed by atoms with E-state index in [2.05, 4.69) is 14.7 Å². The minimum Gasteiger partial charge on any atom is -0.504 e. The molecular formula is C21H25N3O4S. The fourth-order valence-corrected chi connectivity index (χ4v) is 4.09. The molecule has 8 heteroatoms. The second kappa shape index (κ2) is 9.56. The molecule has 1 aliphatic rings. The van der Waals surface area contributed by atoms with Gasteiger partial charge in [0.15, 0.2) is 11.5 Å². The molecular weight excluding hydrogens is 390 g/mol. The number of nitrogens with zero attached hydrogens (tertiary/aromatic N) is 2. The molecule has 2 aromatic rings. The Balaban J connectivity index is 1.80. The van der Waals surface area contributed by atoms with Gasteiger partial charge in [0, 0.05) is 24.7 Å². The van der Waals surface area contributed by atoms with Gasteiger partial charge in [0.1, 0.15) is 5.84 Å². The van der Waals surface area contributed by atoms with E-state index in [4.69, 9.17) is 4.74 Å². The van der Waals surface area contributed by atoms with Crippen LogP contribution in [0.25, 0.3) is 0 Å². The molecule has 0 fully saturated rings. The number of phenolic OH excluding ortho intramolecular Hbond substituents is 1. The lowest BCUT2D eigenvalue weighted by Crippen LogP contribution is -2.30. The van der Waals surface area contributed by atoms with E-state index in [9.17, 15) is 13.5 Å². The van der Waals surface area contributed by atoms with Crippen molar-refractivity contribution in [1.82, 2.24) is 4.72 Å². The second-order valence-electron chi connectivity index (χ2n) is 6.63. The Labute approximate surface area is 171 Å². The van der Waals surface area contributed by atoms with Crippen LogP contribution >= 0.6 is 0 Å². The number of phenols is 1. The number of nitrogens with one attached hydrogen (secondary N) is 1. The van der Waals surface area contributed by atoms with Crippen LogP contribution in [-0.4, -0.2) is 38.7 Å². The summed E-state index contributed by atoms with van der Waals surface area (Å²) in [5.41, 5.74) is 0.937. The van der Waals surface area contributed by atoms with Gasteiger partial charge in [-0.3, -0.25) is 14.7 Å². The molecule has 1 heterocycles. The zero-order valence-electron chi connectivity index (χ0n) is 16.3. The Morgan fingerprint density at radius 1 is 1.21 bits per heavy atom. The molecule has 0 radical (unpaired) electrons. The third-order valence-corrected chi connectivity index (χ3v) is 5.82. The lowest BCUT2D eigenvalue weighted by Gasteiger charge is -2.10. The van der Waals surface area contributed by atoms with Gasteiger partial charge in [-0.15, -0.1) is 0 Å². The maximum Gasteiger partial charge on any atom is 0.262 e. The van der Waals surface area contributed by atoms with Crippen molar-refractivity contribution < 1.29 is 18.3 Å². The van der Waals surface area contributed by atoms with Crippen LogP contribution in [0, 0.1) is 0 Å². The van der Waals surface area contributed by atoms with Gasteiger partial charge in [0.05, 0.1) is 17.2 Å². The number of aromatic hydroxyl groups is 1. The number of benzene rings is 2. The lowest BCUT2D eigenvalue weighted by molar-refractivity contribution is 0.318. The lowest BCUT2D eigenvalue weighted by atomic mass is 10.2. The quantitative estimate of drug-likeness (QED) is 0.701. The Kier molecular flexibility index (Phi) is 6.87. The molecule has 3 rings (SSSR count). The third-order valence-electron chi connectivity index (χ3n) is 4.44. The van der Waals surface area contributed by atoms with Crippen molar-refractivity contribution in [3.05, 3.63) is 48.0 Å². The van der Waals surface area contributed by atoms with Gasteiger partial charge in [-0.1, -0.05) is 18.6 Å². The smallest absolute Gasteiger partial charge is 0.262 e. The van der Waals surface area contributed by atoms with Gasteiger partial charge in [-0.25, -0.2) is 8.42 Å². The van der Waals surface area contributed by atoms with Gasteiger partial charge in [0.2, 0.25) is 0 Å². The Morgan fingerprint density at radius 2 is 2.03 bits per heavy atom. The van der Waals surface area contributed by atoms with Crippen LogP contribution in [0.2, 0.25) is 0 Å². The van der Waals surface area contributed by atoms with E-state index in [1.54, 1.807) is 30.3 Å². The number of rotatable bonds is 6. The van der Waals surface area contributed by atoms with Crippen molar-refractivity contribution in [3.8, 4) is 11.5 Å².